The SMILES string of the molecule is CCOC(=O)[C@@]1(c2ccc(F)cc2)ON=C2C(P(=O)(OCC)OCC)CC(F)(F)CN21. The Morgan fingerprint density at radius 3 is 2.35 bits per heavy atom. The van der Waals surface area contributed by atoms with E-state index in [4.69, 9.17) is 18.6 Å². The van der Waals surface area contributed by atoms with Gasteiger partial charge in [-0.15, -0.1) is 0 Å². The minimum Gasteiger partial charge on any atom is -0.461 e. The first-order valence-electron chi connectivity index (χ1n) is 9.87. The summed E-state index contributed by atoms with van der Waals surface area (Å²) in [5.41, 5.74) is -3.68. The van der Waals surface area contributed by atoms with Crippen molar-refractivity contribution in [3.8, 4) is 0 Å². The normalized spacial score (nSPS) is 24.9. The molecule has 0 bridgehead atoms. The summed E-state index contributed by atoms with van der Waals surface area (Å²) < 4.78 is 72.3. The highest BCUT2D eigenvalue weighted by atomic mass is 31.2. The van der Waals surface area contributed by atoms with Gasteiger partial charge in [0.2, 0.25) is 0 Å². The lowest BCUT2D eigenvalue weighted by molar-refractivity contribution is -0.196. The number of carbonyl (C=O) groups excluding carboxylic acids is 1. The van der Waals surface area contributed by atoms with Crippen LogP contribution in [0.3, 0.4) is 0 Å². The number of ether oxygens (including phenoxy) is 1. The summed E-state index contributed by atoms with van der Waals surface area (Å²) in [7, 11) is -4.09. The lowest BCUT2D eigenvalue weighted by Crippen LogP contribution is -2.61. The molecule has 172 valence electrons. The Morgan fingerprint density at radius 1 is 1.19 bits per heavy atom. The van der Waals surface area contributed by atoms with Crippen molar-refractivity contribution in [1.82, 2.24) is 4.90 Å². The summed E-state index contributed by atoms with van der Waals surface area (Å²) in [6.07, 6.45) is -0.870. The van der Waals surface area contributed by atoms with Gasteiger partial charge in [-0.25, -0.2) is 18.0 Å². The molecule has 2 aliphatic heterocycles. The van der Waals surface area contributed by atoms with E-state index in [1.807, 2.05) is 0 Å². The van der Waals surface area contributed by atoms with Gasteiger partial charge >= 0.3 is 19.3 Å². The van der Waals surface area contributed by atoms with Gasteiger partial charge in [0.1, 0.15) is 11.5 Å². The van der Waals surface area contributed by atoms with Crippen molar-refractivity contribution in [2.24, 2.45) is 5.16 Å². The van der Waals surface area contributed by atoms with Crippen molar-refractivity contribution < 1.29 is 41.2 Å². The molecule has 1 aromatic carbocycles. The molecule has 2 atom stereocenters. The lowest BCUT2D eigenvalue weighted by Gasteiger charge is -2.43. The van der Waals surface area contributed by atoms with Gasteiger partial charge < -0.3 is 18.6 Å². The molecule has 2 aliphatic rings. The van der Waals surface area contributed by atoms with Crippen LogP contribution in [0.4, 0.5) is 13.2 Å². The van der Waals surface area contributed by atoms with Crippen LogP contribution in [0.15, 0.2) is 29.4 Å². The number of piperidine rings is 1. The minimum atomic E-state index is -4.09. The number of nitrogens with zero attached hydrogens (tertiary/aromatic N) is 2. The quantitative estimate of drug-likeness (QED) is 0.427. The molecule has 0 amide bonds. The molecule has 0 saturated carbocycles. The Morgan fingerprint density at radius 2 is 1.81 bits per heavy atom. The van der Waals surface area contributed by atoms with E-state index in [0.717, 1.165) is 17.0 Å². The van der Waals surface area contributed by atoms with Crippen LogP contribution in [0.2, 0.25) is 0 Å². The molecule has 0 radical (unpaired) electrons. The average Bonchev–Trinajstić information content (AvgIpc) is 3.07. The number of oxime groups is 1. The fourth-order valence-electron chi connectivity index (χ4n) is 3.68. The van der Waals surface area contributed by atoms with Crippen LogP contribution in [-0.4, -0.2) is 54.7 Å². The smallest absolute Gasteiger partial charge is 0.380 e. The number of hydrogen-bond acceptors (Lipinski definition) is 8. The van der Waals surface area contributed by atoms with Crippen molar-refractivity contribution in [2.75, 3.05) is 26.4 Å². The fourth-order valence-corrected chi connectivity index (χ4v) is 5.80. The Hall–Kier alpha value is -2.10. The molecule has 3 rings (SSSR count). The number of amidine groups is 1. The fraction of sp³-hybridized carbons (Fsp3) is 0.579. The number of benzene rings is 1. The van der Waals surface area contributed by atoms with Gasteiger partial charge in [0.25, 0.3) is 5.92 Å². The first-order chi connectivity index (χ1) is 14.6. The maximum absolute atomic E-state index is 14.9. The molecule has 8 nitrogen and oxygen atoms in total. The molecule has 0 N–H and O–H groups in total. The summed E-state index contributed by atoms with van der Waals surface area (Å²) in [5.74, 6) is -5.17. The largest absolute Gasteiger partial charge is 0.461 e. The molecular weight excluding hydrogens is 440 g/mol. The summed E-state index contributed by atoms with van der Waals surface area (Å²) in [6, 6.07) is 4.55. The van der Waals surface area contributed by atoms with E-state index in [1.54, 1.807) is 20.8 Å². The van der Waals surface area contributed by atoms with Crippen LogP contribution in [0, 0.1) is 5.82 Å². The average molecular weight is 464 g/mol. The zero-order valence-electron chi connectivity index (χ0n) is 17.3. The van der Waals surface area contributed by atoms with E-state index in [-0.39, 0.29) is 31.2 Å². The zero-order chi connectivity index (χ0) is 22.9. The summed E-state index contributed by atoms with van der Waals surface area (Å²) in [4.78, 5) is 19.4. The van der Waals surface area contributed by atoms with Gasteiger partial charge in [-0.3, -0.25) is 9.46 Å². The second-order valence-electron chi connectivity index (χ2n) is 6.95. The molecular formula is C19H24F3N2O6P. The van der Waals surface area contributed by atoms with E-state index in [1.165, 1.54) is 12.1 Å². The topological polar surface area (TPSA) is 86.7 Å². The Labute approximate surface area is 177 Å². The number of fused-ring (bicyclic) bond motifs is 1. The zero-order valence-corrected chi connectivity index (χ0v) is 18.2. The van der Waals surface area contributed by atoms with Crippen LogP contribution >= 0.6 is 7.60 Å². The lowest BCUT2D eigenvalue weighted by atomic mass is 9.96. The number of hydrogen-bond donors (Lipinski definition) is 0. The number of esters is 1. The number of carbonyl (C=O) groups is 1. The predicted molar refractivity (Wildman–Crippen MR) is 104 cm³/mol. The van der Waals surface area contributed by atoms with E-state index in [2.05, 4.69) is 5.16 Å². The third kappa shape index (κ3) is 4.18. The van der Waals surface area contributed by atoms with Gasteiger partial charge in [-0.2, -0.15) is 0 Å². The second kappa shape index (κ2) is 8.80. The van der Waals surface area contributed by atoms with Crippen molar-refractivity contribution in [1.29, 1.82) is 0 Å². The van der Waals surface area contributed by atoms with Gasteiger partial charge in [0.05, 0.1) is 26.4 Å². The highest BCUT2D eigenvalue weighted by Crippen LogP contribution is 2.60. The summed E-state index contributed by atoms with van der Waals surface area (Å²) in [6.45, 7) is 3.53. The molecule has 1 fully saturated rings. The maximum Gasteiger partial charge on any atom is 0.380 e. The van der Waals surface area contributed by atoms with Crippen molar-refractivity contribution in [3.63, 3.8) is 0 Å². The Kier molecular flexibility index (Phi) is 6.69. The van der Waals surface area contributed by atoms with E-state index in [0.29, 0.717) is 0 Å². The molecule has 1 unspecified atom stereocenters. The van der Waals surface area contributed by atoms with E-state index in [9.17, 15) is 22.5 Å². The number of rotatable bonds is 8. The van der Waals surface area contributed by atoms with Crippen LogP contribution in [-0.2, 0) is 33.7 Å². The molecule has 1 saturated heterocycles. The van der Waals surface area contributed by atoms with Crippen molar-refractivity contribution >= 4 is 19.4 Å². The minimum absolute atomic E-state index is 0.0326. The number of halogens is 3. The van der Waals surface area contributed by atoms with E-state index < -0.39 is 49.7 Å². The highest BCUT2D eigenvalue weighted by Gasteiger charge is 2.65. The second-order valence-corrected chi connectivity index (χ2v) is 9.17. The van der Waals surface area contributed by atoms with Gasteiger partial charge in [0, 0.05) is 12.0 Å². The predicted octanol–water partition coefficient (Wildman–Crippen LogP) is 3.86. The standard InChI is InChI=1S/C19H24F3N2O6P/c1-4-27-17(25)19(13-7-9-14(20)10-8-13)24-12-18(21,22)11-15(16(24)23-30-19)31(26,28-5-2)29-6-3/h7-10,15H,4-6,11-12H2,1-3H3/t15?,19-/m1/s1. The molecule has 31 heavy (non-hydrogen) atoms. The molecule has 0 aromatic heterocycles. The van der Waals surface area contributed by atoms with Crippen LogP contribution < -0.4 is 0 Å². The molecule has 0 spiro atoms. The van der Waals surface area contributed by atoms with Crippen molar-refractivity contribution in [3.05, 3.63) is 35.6 Å². The van der Waals surface area contributed by atoms with Crippen LogP contribution in [0.5, 0.6) is 0 Å². The third-order valence-electron chi connectivity index (χ3n) is 4.89. The van der Waals surface area contributed by atoms with E-state index >= 15 is 0 Å². The van der Waals surface area contributed by atoms with Crippen LogP contribution in [0.1, 0.15) is 32.8 Å². The monoisotopic (exact) mass is 464 g/mol. The molecule has 0 aliphatic carbocycles. The highest BCUT2D eigenvalue weighted by molar-refractivity contribution is 7.55. The number of alkyl halides is 2. The maximum atomic E-state index is 14.9. The Balaban J connectivity index is 2.13. The molecule has 1 aromatic rings. The van der Waals surface area contributed by atoms with Crippen molar-refractivity contribution in [2.45, 2.75) is 44.5 Å². The van der Waals surface area contributed by atoms with Crippen LogP contribution in [0.25, 0.3) is 0 Å². The van der Waals surface area contributed by atoms with Gasteiger partial charge in [-0.05, 0) is 45.0 Å². The molecule has 2 heterocycles. The van der Waals surface area contributed by atoms with Gasteiger partial charge in [-0.1, -0.05) is 5.16 Å². The summed E-state index contributed by atoms with van der Waals surface area (Å²) >= 11 is 0. The van der Waals surface area contributed by atoms with Gasteiger partial charge in [0.15, 0.2) is 5.84 Å². The third-order valence-corrected chi connectivity index (χ3v) is 7.31. The Bertz CT molecular complexity index is 887. The first kappa shape index (κ1) is 23.6. The first-order valence-corrected chi connectivity index (χ1v) is 11.5. The molecule has 12 heteroatoms. The summed E-state index contributed by atoms with van der Waals surface area (Å²) in [5, 5.41) is 3.87.